The van der Waals surface area contributed by atoms with Crippen molar-refractivity contribution in [1.82, 2.24) is 9.62 Å². The van der Waals surface area contributed by atoms with Crippen molar-refractivity contribution in [2.24, 2.45) is 5.92 Å². The number of hydrogen-bond donors (Lipinski definition) is 1. The predicted molar refractivity (Wildman–Crippen MR) is 116 cm³/mol. The monoisotopic (exact) mass is 448 g/mol. The van der Waals surface area contributed by atoms with E-state index in [0.29, 0.717) is 31.0 Å². The van der Waals surface area contributed by atoms with Gasteiger partial charge in [-0.25, -0.2) is 12.8 Å². The van der Waals surface area contributed by atoms with Crippen LogP contribution in [0.15, 0.2) is 52.3 Å². The second-order valence-corrected chi connectivity index (χ2v) is 11.0. The summed E-state index contributed by atoms with van der Waals surface area (Å²) >= 11 is 1.65. The van der Waals surface area contributed by atoms with E-state index in [0.717, 1.165) is 29.1 Å². The van der Waals surface area contributed by atoms with Crippen molar-refractivity contribution in [3.05, 3.63) is 59.4 Å². The van der Waals surface area contributed by atoms with Gasteiger partial charge in [-0.1, -0.05) is 6.92 Å². The van der Waals surface area contributed by atoms with Gasteiger partial charge in [-0.2, -0.15) is 4.31 Å². The summed E-state index contributed by atoms with van der Waals surface area (Å²) in [5.74, 6) is 0.768. The van der Waals surface area contributed by atoms with Gasteiger partial charge in [0.05, 0.1) is 10.9 Å². The molecule has 0 spiro atoms. The number of nitrogens with one attached hydrogen (secondary N) is 1. The van der Waals surface area contributed by atoms with Crippen LogP contribution in [0.1, 0.15) is 48.1 Å². The fourth-order valence-corrected chi connectivity index (χ4v) is 6.48. The third-order valence-corrected chi connectivity index (χ3v) is 8.85. The molecule has 30 heavy (non-hydrogen) atoms. The first kappa shape index (κ1) is 21.3. The molecule has 0 saturated carbocycles. The number of halogens is 1. The molecule has 4 rings (SSSR count). The standard InChI is InChI=1S/C22H25FN2O3S2/c1-15-8-11-25(12-9-15)30(27,28)18-5-2-16(3-6-18)22(26)24-20-10-13-29-21-7-4-17(23)14-19(20)21/h2-7,14-15,20H,8-13H2,1H3,(H,24,26). The summed E-state index contributed by atoms with van der Waals surface area (Å²) in [5.41, 5.74) is 1.18. The van der Waals surface area contributed by atoms with Gasteiger partial charge in [0.2, 0.25) is 10.0 Å². The Morgan fingerprint density at radius 1 is 1.10 bits per heavy atom. The van der Waals surface area contributed by atoms with Crippen molar-refractivity contribution in [3.8, 4) is 0 Å². The zero-order valence-electron chi connectivity index (χ0n) is 16.8. The molecule has 1 atom stereocenters. The number of hydrogen-bond acceptors (Lipinski definition) is 4. The highest BCUT2D eigenvalue weighted by Gasteiger charge is 2.28. The first-order valence-corrected chi connectivity index (χ1v) is 12.6. The second kappa shape index (κ2) is 8.69. The first-order chi connectivity index (χ1) is 14.3. The van der Waals surface area contributed by atoms with Crippen LogP contribution in [0, 0.1) is 11.7 Å². The average molecular weight is 449 g/mol. The van der Waals surface area contributed by atoms with E-state index in [1.54, 1.807) is 30.0 Å². The number of carbonyl (C=O) groups excluding carboxylic acids is 1. The molecule has 0 aromatic heterocycles. The Kier molecular flexibility index (Phi) is 6.18. The molecule has 160 valence electrons. The summed E-state index contributed by atoms with van der Waals surface area (Å²) < 4.78 is 40.9. The molecular formula is C22H25FN2O3S2. The van der Waals surface area contributed by atoms with E-state index >= 15 is 0 Å². The summed E-state index contributed by atoms with van der Waals surface area (Å²) in [4.78, 5) is 13.9. The van der Waals surface area contributed by atoms with Crippen LogP contribution in [0.5, 0.6) is 0 Å². The van der Waals surface area contributed by atoms with E-state index < -0.39 is 10.0 Å². The maximum atomic E-state index is 13.7. The molecule has 1 unspecified atom stereocenters. The van der Waals surface area contributed by atoms with Gasteiger partial charge in [-0.15, -0.1) is 11.8 Å². The van der Waals surface area contributed by atoms with Crippen molar-refractivity contribution in [2.45, 2.75) is 42.0 Å². The average Bonchev–Trinajstić information content (AvgIpc) is 2.74. The number of thioether (sulfide) groups is 1. The highest BCUT2D eigenvalue weighted by atomic mass is 32.2. The molecule has 0 aliphatic carbocycles. The SMILES string of the molecule is CC1CCN(S(=O)(=O)c2ccc(C(=O)NC3CCSc4ccc(F)cc43)cc2)CC1. The minimum atomic E-state index is -3.54. The second-order valence-electron chi connectivity index (χ2n) is 7.96. The molecule has 2 aromatic carbocycles. The highest BCUT2D eigenvalue weighted by molar-refractivity contribution is 7.99. The third-order valence-electron chi connectivity index (χ3n) is 5.81. The molecule has 2 aliphatic heterocycles. The Morgan fingerprint density at radius 2 is 1.80 bits per heavy atom. The van der Waals surface area contributed by atoms with Gasteiger partial charge in [0.15, 0.2) is 0 Å². The lowest BCUT2D eigenvalue weighted by Crippen LogP contribution is -2.37. The van der Waals surface area contributed by atoms with Crippen molar-refractivity contribution in [1.29, 1.82) is 0 Å². The number of rotatable bonds is 4. The minimum absolute atomic E-state index is 0.204. The number of amides is 1. The lowest BCUT2D eigenvalue weighted by molar-refractivity contribution is 0.0934. The van der Waals surface area contributed by atoms with Crippen molar-refractivity contribution < 1.29 is 17.6 Å². The van der Waals surface area contributed by atoms with Gasteiger partial charge < -0.3 is 5.32 Å². The minimum Gasteiger partial charge on any atom is -0.345 e. The van der Waals surface area contributed by atoms with Crippen LogP contribution < -0.4 is 5.32 Å². The van der Waals surface area contributed by atoms with Crippen LogP contribution in [-0.2, 0) is 10.0 Å². The molecule has 8 heteroatoms. The first-order valence-electron chi connectivity index (χ1n) is 10.2. The zero-order chi connectivity index (χ0) is 21.3. The topological polar surface area (TPSA) is 66.5 Å². The van der Waals surface area contributed by atoms with Gasteiger partial charge in [0.1, 0.15) is 5.82 Å². The number of carbonyl (C=O) groups is 1. The lowest BCUT2D eigenvalue weighted by Gasteiger charge is -2.29. The third kappa shape index (κ3) is 4.40. The molecule has 0 bridgehead atoms. The normalized spacial score (nSPS) is 20.5. The van der Waals surface area contributed by atoms with Crippen LogP contribution in [0.25, 0.3) is 0 Å². The van der Waals surface area contributed by atoms with Gasteiger partial charge in [-0.05, 0) is 73.2 Å². The van der Waals surface area contributed by atoms with Gasteiger partial charge in [0.25, 0.3) is 5.91 Å². The maximum absolute atomic E-state index is 13.7. The Hall–Kier alpha value is -1.90. The Morgan fingerprint density at radius 3 is 2.50 bits per heavy atom. The maximum Gasteiger partial charge on any atom is 0.251 e. The van der Waals surface area contributed by atoms with Crippen molar-refractivity contribution >= 4 is 27.7 Å². The fraction of sp³-hybridized carbons (Fsp3) is 0.409. The zero-order valence-corrected chi connectivity index (χ0v) is 18.4. The van der Waals surface area contributed by atoms with Crippen LogP contribution in [0.2, 0.25) is 0 Å². The smallest absolute Gasteiger partial charge is 0.251 e. The molecule has 5 nitrogen and oxygen atoms in total. The number of piperidine rings is 1. The molecule has 0 radical (unpaired) electrons. The summed E-state index contributed by atoms with van der Waals surface area (Å²) in [6.45, 7) is 3.19. The number of sulfonamides is 1. The van der Waals surface area contributed by atoms with Crippen LogP contribution in [-0.4, -0.2) is 37.5 Å². The van der Waals surface area contributed by atoms with Crippen molar-refractivity contribution in [3.63, 3.8) is 0 Å². The van der Waals surface area contributed by atoms with Crippen molar-refractivity contribution in [2.75, 3.05) is 18.8 Å². The largest absolute Gasteiger partial charge is 0.345 e. The molecule has 2 aliphatic rings. The lowest BCUT2D eigenvalue weighted by atomic mass is 10.0. The van der Waals surface area contributed by atoms with Crippen LogP contribution in [0.3, 0.4) is 0 Å². The molecule has 1 saturated heterocycles. The van der Waals surface area contributed by atoms with E-state index in [1.165, 1.54) is 28.6 Å². The molecule has 1 amide bonds. The number of nitrogens with zero attached hydrogens (tertiary/aromatic N) is 1. The summed E-state index contributed by atoms with van der Waals surface area (Å²) in [6, 6.07) is 10.5. The van der Waals surface area contributed by atoms with Gasteiger partial charge in [-0.3, -0.25) is 4.79 Å². The van der Waals surface area contributed by atoms with Gasteiger partial charge in [0, 0.05) is 29.3 Å². The molecule has 1 N–H and O–H groups in total. The molecule has 2 heterocycles. The quantitative estimate of drug-likeness (QED) is 0.761. The molecular weight excluding hydrogens is 423 g/mol. The van der Waals surface area contributed by atoms with Crippen LogP contribution >= 0.6 is 11.8 Å². The van der Waals surface area contributed by atoms with E-state index in [-0.39, 0.29) is 22.7 Å². The van der Waals surface area contributed by atoms with Crippen LogP contribution in [0.4, 0.5) is 4.39 Å². The predicted octanol–water partition coefficient (Wildman–Crippen LogP) is 4.21. The van der Waals surface area contributed by atoms with Gasteiger partial charge >= 0.3 is 0 Å². The Bertz CT molecular complexity index is 1030. The number of benzene rings is 2. The van der Waals surface area contributed by atoms with E-state index in [2.05, 4.69) is 12.2 Å². The van der Waals surface area contributed by atoms with E-state index in [1.807, 2.05) is 0 Å². The summed E-state index contributed by atoms with van der Waals surface area (Å²) in [6.07, 6.45) is 2.44. The summed E-state index contributed by atoms with van der Waals surface area (Å²) in [7, 11) is -3.54. The Labute approximate surface area is 181 Å². The van der Waals surface area contributed by atoms with E-state index in [9.17, 15) is 17.6 Å². The summed E-state index contributed by atoms with van der Waals surface area (Å²) in [5, 5.41) is 2.97. The molecule has 2 aromatic rings. The fourth-order valence-electron chi connectivity index (χ4n) is 3.91. The number of fused-ring (bicyclic) bond motifs is 1. The highest BCUT2D eigenvalue weighted by Crippen LogP contribution is 2.36. The Balaban J connectivity index is 1.47. The molecule has 1 fully saturated rings. The van der Waals surface area contributed by atoms with E-state index in [4.69, 9.17) is 0 Å².